The Morgan fingerprint density at radius 3 is 2.37 bits per heavy atom. The number of pyridine rings is 1. The molecule has 190 valence electrons. The van der Waals surface area contributed by atoms with Gasteiger partial charge >= 0.3 is 0 Å². The fourth-order valence-electron chi connectivity index (χ4n) is 5.05. The normalized spacial score (nSPS) is 22.5. The van der Waals surface area contributed by atoms with Crippen molar-refractivity contribution in [3.63, 3.8) is 0 Å². The summed E-state index contributed by atoms with van der Waals surface area (Å²) in [6.07, 6.45) is 13.5. The molecule has 4 heterocycles. The Labute approximate surface area is 210 Å². The molecule has 3 aromatic rings. The minimum atomic E-state index is -0.287. The van der Waals surface area contributed by atoms with Gasteiger partial charge in [-0.15, -0.1) is 0 Å². The van der Waals surface area contributed by atoms with Gasteiger partial charge in [0.05, 0.1) is 40.8 Å². The lowest BCUT2D eigenvalue weighted by Crippen LogP contribution is -2.38. The molecule has 1 amide bonds. The Morgan fingerprint density at radius 1 is 1.20 bits per heavy atom. The van der Waals surface area contributed by atoms with Gasteiger partial charge in [0.15, 0.2) is 5.65 Å². The lowest BCUT2D eigenvalue weighted by atomic mass is 9.60. The summed E-state index contributed by atoms with van der Waals surface area (Å²) in [6, 6.07) is 0.357. The summed E-state index contributed by atoms with van der Waals surface area (Å²) in [6.45, 7) is 4.49. The Kier molecular flexibility index (Phi) is 8.25. The van der Waals surface area contributed by atoms with E-state index in [1.165, 1.54) is 18.0 Å². The number of carbonyl (C=O) groups is 1. The van der Waals surface area contributed by atoms with Crippen LogP contribution in [-0.2, 0) is 4.79 Å². The number of fused-ring (bicyclic) bond motifs is 2. The van der Waals surface area contributed by atoms with Gasteiger partial charge in [-0.1, -0.05) is 11.6 Å². The van der Waals surface area contributed by atoms with E-state index >= 15 is 0 Å². The van der Waals surface area contributed by atoms with Crippen molar-refractivity contribution in [3.05, 3.63) is 23.6 Å². The lowest BCUT2D eigenvalue weighted by Gasteiger charge is -2.46. The molecule has 1 atom stereocenters. The number of imidazole rings is 1. The van der Waals surface area contributed by atoms with E-state index < -0.39 is 0 Å². The summed E-state index contributed by atoms with van der Waals surface area (Å²) < 4.78 is 2.01. The molecule has 2 saturated carbocycles. The molecule has 1 aliphatic heterocycles. The number of aromatic amines is 1. The Morgan fingerprint density at radius 2 is 1.83 bits per heavy atom. The molecular weight excluding hydrogens is 468 g/mol. The number of aliphatic hydroxyl groups excluding tert-OH is 1. The largest absolute Gasteiger partial charge is 0.396 e. The second-order valence-corrected chi connectivity index (χ2v) is 10.1. The van der Waals surface area contributed by atoms with Crippen molar-refractivity contribution < 1.29 is 9.90 Å². The molecular formula is C24H35ClN8O2. The Bertz CT molecular complexity index is 1100. The number of nitrogens with one attached hydrogen (secondary N) is 1. The Hall–Kier alpha value is -2.69. The average Bonchev–Trinajstić information content (AvgIpc) is 3.48. The number of amides is 1. The molecule has 1 unspecified atom stereocenters. The first-order chi connectivity index (χ1) is 16.9. The van der Waals surface area contributed by atoms with Gasteiger partial charge in [-0.3, -0.25) is 9.48 Å². The van der Waals surface area contributed by atoms with Crippen molar-refractivity contribution >= 4 is 34.9 Å². The maximum atomic E-state index is 9.52. The number of halogens is 1. The topological polar surface area (TPSA) is 152 Å². The molecule has 2 aliphatic carbocycles. The zero-order valence-electron chi connectivity index (χ0n) is 20.1. The molecule has 11 heteroatoms. The summed E-state index contributed by atoms with van der Waals surface area (Å²) in [7, 11) is 0. The molecule has 0 aromatic carbocycles. The minimum absolute atomic E-state index is 0.250. The molecule has 0 spiro atoms. The number of anilines is 1. The average molecular weight is 503 g/mol. The molecule has 35 heavy (non-hydrogen) atoms. The summed E-state index contributed by atoms with van der Waals surface area (Å²) in [5.74, 6) is 3.11. The number of primary amides is 1. The standard InChI is InChI=1S/C17H22ClN7O.C6H10.CH3NO/c1-10(26)8-24-4-2-12(3-5-24)25-9-11(6-21-25)16-22-15-14(19)13(18)7-20-17(15)23-16;1-2-6-4-3-5(1)6;2-1-3/h6-7,9-10,12,26H,2-5,8H2,1H3,(H3,19,20,22,23);5-6H,1-4H2;1H,(H2,2,3). The molecule has 6 rings (SSSR count). The van der Waals surface area contributed by atoms with Crippen molar-refractivity contribution in [1.82, 2.24) is 29.6 Å². The number of aromatic nitrogens is 5. The summed E-state index contributed by atoms with van der Waals surface area (Å²) in [5, 5.41) is 14.5. The molecule has 3 aromatic heterocycles. The number of aliphatic hydroxyl groups is 1. The summed E-state index contributed by atoms with van der Waals surface area (Å²) >= 11 is 6.02. The fraction of sp³-hybridized carbons (Fsp3) is 0.583. The van der Waals surface area contributed by atoms with Gasteiger partial charge in [-0.25, -0.2) is 9.97 Å². The quantitative estimate of drug-likeness (QED) is 0.400. The van der Waals surface area contributed by atoms with Crippen molar-refractivity contribution in [2.24, 2.45) is 17.6 Å². The lowest BCUT2D eigenvalue weighted by molar-refractivity contribution is -0.106. The van der Waals surface area contributed by atoms with Gasteiger partial charge in [0.25, 0.3) is 0 Å². The van der Waals surface area contributed by atoms with E-state index in [1.807, 2.05) is 17.8 Å². The number of piperidine rings is 1. The van der Waals surface area contributed by atoms with E-state index in [1.54, 1.807) is 31.9 Å². The van der Waals surface area contributed by atoms with Gasteiger partial charge < -0.3 is 26.5 Å². The predicted octanol–water partition coefficient (Wildman–Crippen LogP) is 2.98. The molecule has 6 N–H and O–H groups in total. The van der Waals surface area contributed by atoms with E-state index in [9.17, 15) is 5.11 Å². The van der Waals surface area contributed by atoms with E-state index in [2.05, 4.69) is 30.7 Å². The van der Waals surface area contributed by atoms with Crippen LogP contribution < -0.4 is 11.5 Å². The molecule has 3 fully saturated rings. The van der Waals surface area contributed by atoms with Crippen LogP contribution >= 0.6 is 11.6 Å². The first-order valence-corrected chi connectivity index (χ1v) is 12.7. The maximum absolute atomic E-state index is 9.52. The van der Waals surface area contributed by atoms with Crippen molar-refractivity contribution in [2.45, 2.75) is 57.6 Å². The molecule has 3 aliphatic rings. The van der Waals surface area contributed by atoms with Crippen molar-refractivity contribution in [1.29, 1.82) is 0 Å². The van der Waals surface area contributed by atoms with Gasteiger partial charge in [-0.2, -0.15) is 5.10 Å². The zero-order chi connectivity index (χ0) is 24.9. The number of carbonyl (C=O) groups excluding carboxylic acids is 1. The first kappa shape index (κ1) is 25.4. The molecule has 10 nitrogen and oxygen atoms in total. The highest BCUT2D eigenvalue weighted by Gasteiger charge is 2.37. The number of hydrogen-bond acceptors (Lipinski definition) is 7. The minimum Gasteiger partial charge on any atom is -0.396 e. The van der Waals surface area contributed by atoms with Gasteiger partial charge in [-0.05, 0) is 57.3 Å². The number of likely N-dealkylation sites (tertiary alicyclic amines) is 1. The number of rotatable bonds is 4. The SMILES string of the molecule is C1CC2CCC12.CC(O)CN1CCC(n2cc(-c3nc4ncc(Cl)c(N)c4[nH]3)cn2)CC1.NC=O. The fourth-order valence-corrected chi connectivity index (χ4v) is 5.20. The van der Waals surface area contributed by atoms with E-state index in [-0.39, 0.29) is 12.5 Å². The Balaban J connectivity index is 0.000000268. The van der Waals surface area contributed by atoms with Crippen LogP contribution in [-0.4, -0.2) is 66.9 Å². The maximum Gasteiger partial charge on any atom is 0.204 e. The number of β-amino-alcohol motifs (C(OH)–C–C–N with tert-alkyl or cyclic N) is 1. The number of nitrogens with zero attached hydrogens (tertiary/aromatic N) is 5. The van der Waals surface area contributed by atoms with Crippen LogP contribution in [0.15, 0.2) is 18.6 Å². The second-order valence-electron chi connectivity index (χ2n) is 9.70. The number of hydrogen-bond donors (Lipinski definition) is 4. The smallest absolute Gasteiger partial charge is 0.204 e. The summed E-state index contributed by atoms with van der Waals surface area (Å²) in [5.41, 5.74) is 12.7. The van der Waals surface area contributed by atoms with Crippen molar-refractivity contribution in [2.75, 3.05) is 25.4 Å². The first-order valence-electron chi connectivity index (χ1n) is 12.3. The summed E-state index contributed by atoms with van der Waals surface area (Å²) in [4.78, 5) is 22.8. The molecule has 0 bridgehead atoms. The highest BCUT2D eigenvalue weighted by molar-refractivity contribution is 6.34. The van der Waals surface area contributed by atoms with Crippen LogP contribution in [0.1, 0.15) is 51.5 Å². The molecule has 1 saturated heterocycles. The monoisotopic (exact) mass is 502 g/mol. The van der Waals surface area contributed by atoms with E-state index in [4.69, 9.17) is 22.1 Å². The van der Waals surface area contributed by atoms with Gasteiger partial charge in [0, 0.05) is 25.8 Å². The van der Waals surface area contributed by atoms with Crippen LogP contribution in [0.25, 0.3) is 22.6 Å². The van der Waals surface area contributed by atoms with Crippen LogP contribution in [0.4, 0.5) is 5.69 Å². The van der Waals surface area contributed by atoms with Crippen LogP contribution in [0.3, 0.4) is 0 Å². The molecule has 0 radical (unpaired) electrons. The van der Waals surface area contributed by atoms with Crippen LogP contribution in [0.5, 0.6) is 0 Å². The second kappa shape index (κ2) is 11.4. The number of nitrogens with two attached hydrogens (primary N) is 2. The van der Waals surface area contributed by atoms with E-state index in [0.717, 1.165) is 38.0 Å². The van der Waals surface area contributed by atoms with Gasteiger partial charge in [0.1, 0.15) is 11.3 Å². The highest BCUT2D eigenvalue weighted by atomic mass is 35.5. The third-order valence-electron chi connectivity index (χ3n) is 7.32. The predicted molar refractivity (Wildman–Crippen MR) is 137 cm³/mol. The van der Waals surface area contributed by atoms with Gasteiger partial charge in [0.2, 0.25) is 6.41 Å². The highest BCUT2D eigenvalue weighted by Crippen LogP contribution is 2.49. The number of H-pyrrole nitrogens is 1. The van der Waals surface area contributed by atoms with Crippen LogP contribution in [0.2, 0.25) is 5.02 Å². The van der Waals surface area contributed by atoms with Crippen molar-refractivity contribution in [3.8, 4) is 11.4 Å². The van der Waals surface area contributed by atoms with E-state index in [0.29, 0.717) is 33.7 Å². The third-order valence-corrected chi connectivity index (χ3v) is 7.62. The third kappa shape index (κ3) is 5.94. The van der Waals surface area contributed by atoms with Crippen LogP contribution in [0, 0.1) is 11.8 Å². The zero-order valence-corrected chi connectivity index (χ0v) is 20.9. The number of nitrogen functional groups attached to an aromatic ring is 1.